The largest absolute Gasteiger partial charge is 0.493 e. The SMILES string of the molecule is COc1cc([C@@H]2C(C#N)=C(N)Oc3c2cc(Cl)c2ccccc32)cc(OC)c1OC. The van der Waals surface area contributed by atoms with Crippen molar-refractivity contribution in [2.75, 3.05) is 21.3 Å². The van der Waals surface area contributed by atoms with Gasteiger partial charge in [0.2, 0.25) is 11.6 Å². The molecule has 3 aromatic rings. The lowest BCUT2D eigenvalue weighted by Crippen LogP contribution is -2.21. The highest BCUT2D eigenvalue weighted by atomic mass is 35.5. The van der Waals surface area contributed by atoms with Crippen molar-refractivity contribution in [1.29, 1.82) is 5.26 Å². The number of allylic oxidation sites excluding steroid dienone is 1. The Morgan fingerprint density at radius 1 is 1.00 bits per heavy atom. The minimum absolute atomic E-state index is 0.0521. The number of halogens is 1. The summed E-state index contributed by atoms with van der Waals surface area (Å²) in [6.45, 7) is 0. The third kappa shape index (κ3) is 2.95. The van der Waals surface area contributed by atoms with E-state index in [1.165, 1.54) is 7.11 Å². The molecule has 0 saturated heterocycles. The van der Waals surface area contributed by atoms with Crippen LogP contribution in [0.4, 0.5) is 0 Å². The zero-order valence-electron chi connectivity index (χ0n) is 16.7. The van der Waals surface area contributed by atoms with E-state index >= 15 is 0 Å². The molecule has 0 aromatic heterocycles. The molecule has 4 rings (SSSR count). The maximum Gasteiger partial charge on any atom is 0.205 e. The lowest BCUT2D eigenvalue weighted by Gasteiger charge is -2.28. The smallest absolute Gasteiger partial charge is 0.205 e. The molecule has 0 spiro atoms. The average Bonchev–Trinajstić information content (AvgIpc) is 2.78. The summed E-state index contributed by atoms with van der Waals surface area (Å²) in [5.41, 5.74) is 7.92. The van der Waals surface area contributed by atoms with Gasteiger partial charge in [-0.3, -0.25) is 0 Å². The van der Waals surface area contributed by atoms with E-state index in [1.54, 1.807) is 26.4 Å². The summed E-state index contributed by atoms with van der Waals surface area (Å²) < 4.78 is 22.3. The number of nitrogens with zero attached hydrogens (tertiary/aromatic N) is 1. The molecule has 1 heterocycles. The Hall–Kier alpha value is -3.56. The molecule has 1 aliphatic rings. The summed E-state index contributed by atoms with van der Waals surface area (Å²) in [6.07, 6.45) is 0. The van der Waals surface area contributed by atoms with Crippen molar-refractivity contribution in [3.63, 3.8) is 0 Å². The maximum atomic E-state index is 9.87. The van der Waals surface area contributed by atoms with E-state index in [9.17, 15) is 5.26 Å². The Balaban J connectivity index is 2.04. The van der Waals surface area contributed by atoms with Crippen LogP contribution in [0.1, 0.15) is 17.0 Å². The van der Waals surface area contributed by atoms with Crippen LogP contribution in [0.2, 0.25) is 5.02 Å². The van der Waals surface area contributed by atoms with Crippen LogP contribution in [-0.2, 0) is 0 Å². The molecule has 0 amide bonds. The topological polar surface area (TPSA) is 86.7 Å². The standard InChI is InChI=1S/C23H19ClN2O4/c1-27-18-8-12(9-19(28-2)22(18)29-3)20-15-10-17(24)13-6-4-5-7-14(13)21(15)30-23(26)16(20)11-25/h4-10,20H,26H2,1-3H3/t20-/m0/s1. The van der Waals surface area contributed by atoms with Crippen LogP contribution in [0.15, 0.2) is 53.9 Å². The van der Waals surface area contributed by atoms with Gasteiger partial charge in [-0.2, -0.15) is 5.26 Å². The van der Waals surface area contributed by atoms with Gasteiger partial charge in [0.1, 0.15) is 17.4 Å². The van der Waals surface area contributed by atoms with Gasteiger partial charge in [-0.25, -0.2) is 0 Å². The quantitative estimate of drug-likeness (QED) is 0.653. The molecule has 0 fully saturated rings. The van der Waals surface area contributed by atoms with Crippen LogP contribution in [-0.4, -0.2) is 21.3 Å². The van der Waals surface area contributed by atoms with Gasteiger partial charge in [0.05, 0.1) is 27.2 Å². The van der Waals surface area contributed by atoms with Gasteiger partial charge in [0.15, 0.2) is 11.5 Å². The van der Waals surface area contributed by atoms with Crippen LogP contribution in [0.25, 0.3) is 10.8 Å². The highest BCUT2D eigenvalue weighted by Crippen LogP contribution is 2.50. The first kappa shape index (κ1) is 19.7. The molecule has 0 unspecified atom stereocenters. The van der Waals surface area contributed by atoms with Gasteiger partial charge in [0.25, 0.3) is 0 Å². The van der Waals surface area contributed by atoms with E-state index in [1.807, 2.05) is 30.3 Å². The van der Waals surface area contributed by atoms with Crippen molar-refractivity contribution in [2.45, 2.75) is 5.92 Å². The van der Waals surface area contributed by atoms with E-state index in [2.05, 4.69) is 6.07 Å². The number of nitrogens with two attached hydrogens (primary N) is 1. The molecule has 1 atom stereocenters. The molecule has 0 saturated carbocycles. The first-order valence-electron chi connectivity index (χ1n) is 9.12. The monoisotopic (exact) mass is 422 g/mol. The molecule has 3 aromatic carbocycles. The molecule has 0 aliphatic carbocycles. The van der Waals surface area contributed by atoms with E-state index in [0.717, 1.165) is 21.9 Å². The lowest BCUT2D eigenvalue weighted by molar-refractivity contribution is 0.323. The number of ether oxygens (including phenoxy) is 4. The molecule has 7 heteroatoms. The van der Waals surface area contributed by atoms with Gasteiger partial charge in [-0.15, -0.1) is 0 Å². The molecule has 0 radical (unpaired) electrons. The normalized spacial score (nSPS) is 15.2. The van der Waals surface area contributed by atoms with Gasteiger partial charge in [0, 0.05) is 21.4 Å². The van der Waals surface area contributed by atoms with Gasteiger partial charge in [-0.05, 0) is 23.8 Å². The first-order valence-corrected chi connectivity index (χ1v) is 9.50. The average molecular weight is 423 g/mol. The Morgan fingerprint density at radius 2 is 1.63 bits per heavy atom. The highest BCUT2D eigenvalue weighted by Gasteiger charge is 2.33. The minimum atomic E-state index is -0.519. The van der Waals surface area contributed by atoms with Crippen LogP contribution < -0.4 is 24.7 Å². The third-order valence-corrected chi connectivity index (χ3v) is 5.50. The van der Waals surface area contributed by atoms with Gasteiger partial charge in [-0.1, -0.05) is 35.9 Å². The maximum absolute atomic E-state index is 9.87. The summed E-state index contributed by atoms with van der Waals surface area (Å²) in [5.74, 6) is 1.52. The molecule has 6 nitrogen and oxygen atoms in total. The van der Waals surface area contributed by atoms with Gasteiger partial charge < -0.3 is 24.7 Å². The molecule has 152 valence electrons. The molecule has 2 N–H and O–H groups in total. The van der Waals surface area contributed by atoms with Crippen molar-refractivity contribution in [3.8, 4) is 29.1 Å². The summed E-state index contributed by atoms with van der Waals surface area (Å²) in [7, 11) is 4.62. The molecular formula is C23H19ClN2O4. The van der Waals surface area contributed by atoms with E-state index in [-0.39, 0.29) is 11.5 Å². The fourth-order valence-electron chi connectivity index (χ4n) is 3.85. The van der Waals surface area contributed by atoms with Crippen molar-refractivity contribution in [2.24, 2.45) is 5.73 Å². The second-order valence-electron chi connectivity index (χ2n) is 6.71. The lowest BCUT2D eigenvalue weighted by atomic mass is 9.82. The Morgan fingerprint density at radius 3 is 2.20 bits per heavy atom. The highest BCUT2D eigenvalue weighted by molar-refractivity contribution is 6.36. The predicted molar refractivity (Wildman–Crippen MR) is 114 cm³/mol. The number of rotatable bonds is 4. The second-order valence-corrected chi connectivity index (χ2v) is 7.11. The molecule has 0 bridgehead atoms. The number of fused-ring (bicyclic) bond motifs is 3. The number of hydrogen-bond donors (Lipinski definition) is 1. The fourth-order valence-corrected chi connectivity index (χ4v) is 4.13. The molecule has 30 heavy (non-hydrogen) atoms. The van der Waals surface area contributed by atoms with Crippen molar-refractivity contribution >= 4 is 22.4 Å². The summed E-state index contributed by atoms with van der Waals surface area (Å²) in [4.78, 5) is 0. The fraction of sp³-hybridized carbons (Fsp3) is 0.174. The van der Waals surface area contributed by atoms with E-state index in [0.29, 0.717) is 28.0 Å². The Labute approximate surface area is 179 Å². The minimum Gasteiger partial charge on any atom is -0.493 e. The van der Waals surface area contributed by atoms with Crippen molar-refractivity contribution in [3.05, 3.63) is 70.1 Å². The van der Waals surface area contributed by atoms with Crippen LogP contribution in [0.5, 0.6) is 23.0 Å². The summed E-state index contributed by atoms with van der Waals surface area (Å²) in [5, 5.41) is 12.1. The van der Waals surface area contributed by atoms with Gasteiger partial charge >= 0.3 is 0 Å². The number of methoxy groups -OCH3 is 3. The zero-order valence-corrected chi connectivity index (χ0v) is 17.4. The predicted octanol–water partition coefficient (Wildman–Crippen LogP) is 4.74. The van der Waals surface area contributed by atoms with Crippen molar-refractivity contribution < 1.29 is 18.9 Å². The Kier molecular flexibility index (Phi) is 5.06. The third-order valence-electron chi connectivity index (χ3n) is 5.19. The van der Waals surface area contributed by atoms with Crippen LogP contribution >= 0.6 is 11.6 Å². The Bertz CT molecular complexity index is 1200. The van der Waals surface area contributed by atoms with Crippen molar-refractivity contribution in [1.82, 2.24) is 0 Å². The summed E-state index contributed by atoms with van der Waals surface area (Å²) in [6, 6.07) is 15.2. The number of nitriles is 1. The number of benzene rings is 3. The van der Waals surface area contributed by atoms with E-state index in [4.69, 9.17) is 36.3 Å². The second kappa shape index (κ2) is 7.69. The molecular weight excluding hydrogens is 404 g/mol. The number of hydrogen-bond acceptors (Lipinski definition) is 6. The van der Waals surface area contributed by atoms with Crippen LogP contribution in [0, 0.1) is 11.3 Å². The van der Waals surface area contributed by atoms with E-state index < -0.39 is 5.92 Å². The first-order chi connectivity index (χ1) is 14.5. The summed E-state index contributed by atoms with van der Waals surface area (Å²) >= 11 is 6.58. The zero-order chi connectivity index (χ0) is 21.4. The molecule has 1 aliphatic heterocycles. The van der Waals surface area contributed by atoms with Crippen LogP contribution in [0.3, 0.4) is 0 Å².